The Hall–Kier alpha value is -1.94. The second-order valence-corrected chi connectivity index (χ2v) is 6.40. The maximum Gasteiger partial charge on any atom is 0.159 e. The zero-order chi connectivity index (χ0) is 17.9. The van der Waals surface area contributed by atoms with E-state index in [1.807, 2.05) is 31.2 Å². The van der Waals surface area contributed by atoms with E-state index >= 15 is 0 Å². The lowest BCUT2D eigenvalue weighted by Crippen LogP contribution is -1.99. The first-order valence-corrected chi connectivity index (χ1v) is 9.47. The van der Waals surface area contributed by atoms with Gasteiger partial charge in [0.25, 0.3) is 0 Å². The number of hydrogen-bond acceptors (Lipinski definition) is 4. The molecule has 1 heterocycles. The number of rotatable bonds is 11. The maximum atomic E-state index is 9.84. The third-order valence-corrected chi connectivity index (χ3v) is 4.34. The second-order valence-electron chi connectivity index (χ2n) is 6.40. The van der Waals surface area contributed by atoms with Crippen LogP contribution in [-0.4, -0.2) is 21.7 Å². The van der Waals surface area contributed by atoms with Crippen LogP contribution in [0.5, 0.6) is 5.75 Å². The highest BCUT2D eigenvalue weighted by Gasteiger charge is 2.06. The van der Waals surface area contributed by atoms with Crippen LogP contribution in [0.25, 0.3) is 11.4 Å². The minimum atomic E-state index is -0.410. The van der Waals surface area contributed by atoms with Crippen molar-refractivity contribution in [2.75, 3.05) is 6.61 Å². The highest BCUT2D eigenvalue weighted by Crippen LogP contribution is 2.21. The van der Waals surface area contributed by atoms with Gasteiger partial charge < -0.3 is 9.84 Å². The maximum absolute atomic E-state index is 9.84. The molecule has 0 saturated carbocycles. The van der Waals surface area contributed by atoms with Crippen molar-refractivity contribution in [2.24, 2.45) is 0 Å². The first kappa shape index (κ1) is 19.4. The minimum absolute atomic E-state index is 0.410. The molecule has 1 aromatic heterocycles. The van der Waals surface area contributed by atoms with E-state index in [2.05, 4.69) is 16.9 Å². The lowest BCUT2D eigenvalue weighted by atomic mass is 10.1. The highest BCUT2D eigenvalue weighted by atomic mass is 16.5. The molecule has 2 aromatic rings. The second kappa shape index (κ2) is 10.8. The van der Waals surface area contributed by atoms with Gasteiger partial charge in [-0.2, -0.15) is 0 Å². The molecule has 0 radical (unpaired) electrons. The van der Waals surface area contributed by atoms with Gasteiger partial charge in [0.2, 0.25) is 0 Å². The average molecular weight is 342 g/mol. The number of aromatic nitrogens is 2. The largest absolute Gasteiger partial charge is 0.490 e. The summed E-state index contributed by atoms with van der Waals surface area (Å²) in [6.07, 6.45) is 11.3. The number of unbranched alkanes of at least 4 members (excludes halogenated alkanes) is 5. The molecule has 2 rings (SSSR count). The molecule has 0 fully saturated rings. The first-order valence-electron chi connectivity index (χ1n) is 9.47. The van der Waals surface area contributed by atoms with E-state index in [1.165, 1.54) is 32.1 Å². The summed E-state index contributed by atoms with van der Waals surface area (Å²) in [6, 6.07) is 7.74. The van der Waals surface area contributed by atoms with Crippen LogP contribution in [-0.2, 0) is 0 Å². The summed E-state index contributed by atoms with van der Waals surface area (Å²) < 4.78 is 5.71. The molecule has 0 amide bonds. The van der Waals surface area contributed by atoms with Crippen LogP contribution in [0.4, 0.5) is 0 Å². The van der Waals surface area contributed by atoms with Crippen molar-refractivity contribution in [3.8, 4) is 17.1 Å². The van der Waals surface area contributed by atoms with Crippen LogP contribution in [0.2, 0.25) is 0 Å². The molecule has 1 atom stereocenters. The Morgan fingerprint density at radius 2 is 1.56 bits per heavy atom. The van der Waals surface area contributed by atoms with E-state index < -0.39 is 6.10 Å². The van der Waals surface area contributed by atoms with Crippen molar-refractivity contribution in [2.45, 2.75) is 64.9 Å². The zero-order valence-corrected chi connectivity index (χ0v) is 15.4. The molecular formula is C21H30N2O2. The summed E-state index contributed by atoms with van der Waals surface area (Å²) in [7, 11) is 0. The fourth-order valence-corrected chi connectivity index (χ4v) is 2.70. The van der Waals surface area contributed by atoms with Crippen LogP contribution in [0.15, 0.2) is 36.7 Å². The molecule has 4 heteroatoms. The van der Waals surface area contributed by atoms with E-state index in [0.717, 1.165) is 29.9 Å². The van der Waals surface area contributed by atoms with E-state index in [0.29, 0.717) is 12.2 Å². The summed E-state index contributed by atoms with van der Waals surface area (Å²) in [5, 5.41) is 9.84. The Labute approximate surface area is 151 Å². The summed E-state index contributed by atoms with van der Waals surface area (Å²) in [6.45, 7) is 4.92. The van der Waals surface area contributed by atoms with Crippen LogP contribution in [0, 0.1) is 0 Å². The smallest absolute Gasteiger partial charge is 0.159 e. The van der Waals surface area contributed by atoms with Gasteiger partial charge in [0.1, 0.15) is 0 Å². The molecule has 1 aromatic carbocycles. The lowest BCUT2D eigenvalue weighted by molar-refractivity contribution is 0.173. The molecule has 1 N–H and O–H groups in total. The van der Waals surface area contributed by atoms with Crippen LogP contribution in [0.1, 0.15) is 70.5 Å². The lowest BCUT2D eigenvalue weighted by Gasteiger charge is -2.09. The number of aliphatic hydroxyl groups excluding tert-OH is 1. The first-order chi connectivity index (χ1) is 12.2. The molecule has 4 nitrogen and oxygen atoms in total. The van der Waals surface area contributed by atoms with Gasteiger partial charge in [-0.1, -0.05) is 70.2 Å². The Morgan fingerprint density at radius 3 is 2.20 bits per heavy atom. The van der Waals surface area contributed by atoms with E-state index in [1.54, 1.807) is 12.4 Å². The van der Waals surface area contributed by atoms with Crippen molar-refractivity contribution >= 4 is 0 Å². The molecule has 0 saturated heterocycles. The third kappa shape index (κ3) is 6.46. The fraction of sp³-hybridized carbons (Fsp3) is 0.524. The Balaban J connectivity index is 1.79. The molecule has 25 heavy (non-hydrogen) atoms. The molecule has 0 aliphatic carbocycles. The van der Waals surface area contributed by atoms with Crippen molar-refractivity contribution < 1.29 is 9.84 Å². The van der Waals surface area contributed by atoms with Crippen LogP contribution in [0.3, 0.4) is 0 Å². The fourth-order valence-electron chi connectivity index (χ4n) is 2.70. The number of aliphatic hydroxyl groups is 1. The van der Waals surface area contributed by atoms with Gasteiger partial charge in [-0.3, -0.25) is 0 Å². The van der Waals surface area contributed by atoms with Gasteiger partial charge in [0.05, 0.1) is 25.1 Å². The van der Waals surface area contributed by atoms with Crippen molar-refractivity contribution in [3.63, 3.8) is 0 Å². The van der Waals surface area contributed by atoms with Gasteiger partial charge >= 0.3 is 0 Å². The van der Waals surface area contributed by atoms with Gasteiger partial charge in [0.15, 0.2) is 11.6 Å². The quantitative estimate of drug-likeness (QED) is 0.561. The van der Waals surface area contributed by atoms with Crippen LogP contribution < -0.4 is 4.74 Å². The third-order valence-electron chi connectivity index (χ3n) is 4.34. The molecule has 0 bridgehead atoms. The van der Waals surface area contributed by atoms with E-state index in [4.69, 9.17) is 4.74 Å². The van der Waals surface area contributed by atoms with E-state index in [9.17, 15) is 5.11 Å². The zero-order valence-electron chi connectivity index (χ0n) is 15.4. The number of nitrogens with zero attached hydrogens (tertiary/aromatic N) is 2. The van der Waals surface area contributed by atoms with Crippen molar-refractivity contribution in [1.82, 2.24) is 9.97 Å². The number of hydrogen-bond donors (Lipinski definition) is 1. The van der Waals surface area contributed by atoms with Gasteiger partial charge in [0, 0.05) is 5.56 Å². The Kier molecular flexibility index (Phi) is 8.40. The minimum Gasteiger partial charge on any atom is -0.490 e. The SMILES string of the molecule is CCCCCCCCOc1cnc(-c2ccc(C(O)CC)cc2)nc1. The molecule has 1 unspecified atom stereocenters. The number of benzene rings is 1. The summed E-state index contributed by atoms with van der Waals surface area (Å²) in [5.74, 6) is 1.39. The topological polar surface area (TPSA) is 55.2 Å². The molecule has 0 aliphatic rings. The molecule has 0 spiro atoms. The summed E-state index contributed by atoms with van der Waals surface area (Å²) in [4.78, 5) is 8.77. The Morgan fingerprint density at radius 1 is 0.920 bits per heavy atom. The average Bonchev–Trinajstić information content (AvgIpc) is 2.67. The molecule has 136 valence electrons. The predicted molar refractivity (Wildman–Crippen MR) is 102 cm³/mol. The van der Waals surface area contributed by atoms with Gasteiger partial charge in [-0.05, 0) is 18.4 Å². The summed E-state index contributed by atoms with van der Waals surface area (Å²) >= 11 is 0. The van der Waals surface area contributed by atoms with Gasteiger partial charge in [-0.15, -0.1) is 0 Å². The number of ether oxygens (including phenoxy) is 1. The monoisotopic (exact) mass is 342 g/mol. The van der Waals surface area contributed by atoms with E-state index in [-0.39, 0.29) is 0 Å². The normalized spacial score (nSPS) is 12.1. The predicted octanol–water partition coefficient (Wildman–Crippen LogP) is 5.33. The van der Waals surface area contributed by atoms with Gasteiger partial charge in [-0.25, -0.2) is 9.97 Å². The molecular weight excluding hydrogens is 312 g/mol. The molecule has 0 aliphatic heterocycles. The van der Waals surface area contributed by atoms with Crippen molar-refractivity contribution in [3.05, 3.63) is 42.2 Å². The van der Waals surface area contributed by atoms with Crippen molar-refractivity contribution in [1.29, 1.82) is 0 Å². The van der Waals surface area contributed by atoms with Crippen LogP contribution >= 0.6 is 0 Å². The standard InChI is InChI=1S/C21H30N2O2/c1-3-5-6-7-8-9-14-25-19-15-22-21(23-16-19)18-12-10-17(11-13-18)20(24)4-2/h10-13,15-16,20,24H,3-9,14H2,1-2H3. The summed E-state index contributed by atoms with van der Waals surface area (Å²) in [5.41, 5.74) is 1.86. The highest BCUT2D eigenvalue weighted by molar-refractivity contribution is 5.55. The Bertz CT molecular complexity index is 596.